The van der Waals surface area contributed by atoms with Crippen molar-refractivity contribution < 1.29 is 0 Å². The summed E-state index contributed by atoms with van der Waals surface area (Å²) in [6.45, 7) is 0. The van der Waals surface area contributed by atoms with Crippen LogP contribution in [0.5, 0.6) is 0 Å². The molecule has 6 aliphatic carbocycles. The Balaban J connectivity index is 1.70. The molecular weight excluding hydrogens is 180 g/mol. The van der Waals surface area contributed by atoms with Crippen molar-refractivity contribution in [3.63, 3.8) is 0 Å². The zero-order chi connectivity index (χ0) is 9.57. The second kappa shape index (κ2) is 2.26. The summed E-state index contributed by atoms with van der Waals surface area (Å²) in [4.78, 5) is 0. The maximum Gasteiger partial charge on any atom is -0.0160 e. The molecule has 0 aromatic heterocycles. The van der Waals surface area contributed by atoms with Crippen LogP contribution in [0.3, 0.4) is 0 Å². The van der Waals surface area contributed by atoms with Gasteiger partial charge in [0.1, 0.15) is 0 Å². The van der Waals surface area contributed by atoms with Crippen LogP contribution in [0.4, 0.5) is 0 Å². The third-order valence-electron chi connectivity index (χ3n) is 6.30. The minimum atomic E-state index is 0.962. The highest BCUT2D eigenvalue weighted by Crippen LogP contribution is 2.68. The molecule has 0 radical (unpaired) electrons. The lowest BCUT2D eigenvalue weighted by atomic mass is 9.64. The number of rotatable bonds is 0. The highest BCUT2D eigenvalue weighted by atomic mass is 14.7. The van der Waals surface area contributed by atoms with Crippen molar-refractivity contribution in [3.8, 4) is 0 Å². The van der Waals surface area contributed by atoms with Gasteiger partial charge in [0, 0.05) is 0 Å². The summed E-state index contributed by atoms with van der Waals surface area (Å²) >= 11 is 0. The van der Waals surface area contributed by atoms with E-state index in [1.165, 1.54) is 12.8 Å². The van der Waals surface area contributed by atoms with Gasteiger partial charge in [-0.3, -0.25) is 0 Å². The van der Waals surface area contributed by atoms with Gasteiger partial charge in [0.15, 0.2) is 0 Å². The lowest BCUT2D eigenvalue weighted by molar-refractivity contribution is 0.114. The largest absolute Gasteiger partial charge is 0.0851 e. The van der Waals surface area contributed by atoms with E-state index in [4.69, 9.17) is 0 Å². The molecule has 0 nitrogen and oxygen atoms in total. The van der Waals surface area contributed by atoms with Gasteiger partial charge in [0.2, 0.25) is 0 Å². The molecule has 4 fully saturated rings. The zero-order valence-electron chi connectivity index (χ0n) is 9.05. The SMILES string of the molecule is C1=CC2CC1CC1CC3C4C=CC(C14)C23. The maximum absolute atomic E-state index is 2.59. The minimum absolute atomic E-state index is 0.962. The molecule has 8 bridgehead atoms. The Bertz CT molecular complexity index is 377. The third-order valence-corrected chi connectivity index (χ3v) is 6.30. The maximum atomic E-state index is 2.59. The smallest absolute Gasteiger partial charge is 0.0160 e. The molecule has 0 heterocycles. The van der Waals surface area contributed by atoms with Gasteiger partial charge < -0.3 is 0 Å². The van der Waals surface area contributed by atoms with Crippen LogP contribution in [0.15, 0.2) is 24.3 Å². The summed E-state index contributed by atoms with van der Waals surface area (Å²) in [5, 5.41) is 0. The van der Waals surface area contributed by atoms with Crippen molar-refractivity contribution in [2.24, 2.45) is 47.3 Å². The van der Waals surface area contributed by atoms with Crippen molar-refractivity contribution in [1.82, 2.24) is 0 Å². The average Bonchev–Trinajstić information content (AvgIpc) is 2.93. The highest BCUT2D eigenvalue weighted by molar-refractivity contribution is 5.26. The van der Waals surface area contributed by atoms with Gasteiger partial charge in [0.05, 0.1) is 0 Å². The Morgan fingerprint density at radius 1 is 0.733 bits per heavy atom. The van der Waals surface area contributed by atoms with Crippen LogP contribution < -0.4 is 0 Å². The normalized spacial score (nSPS) is 66.7. The van der Waals surface area contributed by atoms with Crippen molar-refractivity contribution >= 4 is 0 Å². The van der Waals surface area contributed by atoms with E-state index in [-0.39, 0.29) is 0 Å². The van der Waals surface area contributed by atoms with Crippen LogP contribution in [-0.2, 0) is 0 Å². The molecule has 0 aromatic carbocycles. The third kappa shape index (κ3) is 0.726. The fraction of sp³-hybridized carbons (Fsp3) is 0.733. The molecule has 0 amide bonds. The molecule has 15 heavy (non-hydrogen) atoms. The van der Waals surface area contributed by atoms with E-state index in [1.807, 2.05) is 0 Å². The fourth-order valence-corrected chi connectivity index (χ4v) is 6.09. The highest BCUT2D eigenvalue weighted by Gasteiger charge is 2.62. The molecular formula is C15H18. The van der Waals surface area contributed by atoms with Crippen molar-refractivity contribution in [2.75, 3.05) is 0 Å². The Kier molecular flexibility index (Phi) is 1.16. The van der Waals surface area contributed by atoms with E-state index in [0.29, 0.717) is 0 Å². The number of hydrogen-bond acceptors (Lipinski definition) is 0. The summed E-state index contributed by atoms with van der Waals surface area (Å²) in [5.74, 6) is 8.25. The number of hydrogen-bond donors (Lipinski definition) is 0. The first-order valence-corrected chi connectivity index (χ1v) is 6.78. The van der Waals surface area contributed by atoms with E-state index in [2.05, 4.69) is 24.3 Å². The lowest BCUT2D eigenvalue weighted by Crippen LogP contribution is -2.34. The van der Waals surface area contributed by atoms with E-state index in [1.54, 1.807) is 6.42 Å². The van der Waals surface area contributed by atoms with Crippen molar-refractivity contribution in [2.45, 2.75) is 19.3 Å². The van der Waals surface area contributed by atoms with Crippen LogP contribution in [0.2, 0.25) is 0 Å². The summed E-state index contributed by atoms with van der Waals surface area (Å²) in [5.41, 5.74) is 0. The minimum Gasteiger partial charge on any atom is -0.0851 e. The van der Waals surface area contributed by atoms with E-state index in [0.717, 1.165) is 47.3 Å². The van der Waals surface area contributed by atoms with E-state index >= 15 is 0 Å². The molecule has 0 saturated heterocycles. The standard InChI is InChI=1S/C15H18/c1-2-9-5-8(1)6-10-7-13-11-3-4-12(14(9)13)15(10)11/h1-4,8-15H,5-7H2. The second-order valence-electron chi connectivity index (χ2n) is 6.63. The molecule has 0 N–H and O–H groups in total. The van der Waals surface area contributed by atoms with Gasteiger partial charge >= 0.3 is 0 Å². The first kappa shape index (κ1) is 7.70. The fourth-order valence-electron chi connectivity index (χ4n) is 6.09. The van der Waals surface area contributed by atoms with Crippen molar-refractivity contribution in [3.05, 3.63) is 24.3 Å². The Morgan fingerprint density at radius 3 is 2.60 bits per heavy atom. The van der Waals surface area contributed by atoms with Crippen LogP contribution in [0.1, 0.15) is 19.3 Å². The molecule has 78 valence electrons. The van der Waals surface area contributed by atoms with E-state index in [9.17, 15) is 0 Å². The first-order valence-electron chi connectivity index (χ1n) is 6.78. The van der Waals surface area contributed by atoms with Crippen LogP contribution in [-0.4, -0.2) is 0 Å². The average molecular weight is 198 g/mol. The summed E-state index contributed by atoms with van der Waals surface area (Å²) in [6.07, 6.45) is 14.9. The molecule has 6 rings (SSSR count). The van der Waals surface area contributed by atoms with Gasteiger partial charge in [-0.15, -0.1) is 0 Å². The molecule has 0 heteroatoms. The summed E-state index contributed by atoms with van der Waals surface area (Å²) in [7, 11) is 0. The van der Waals surface area contributed by atoms with Crippen LogP contribution in [0, 0.1) is 47.3 Å². The number of allylic oxidation sites excluding steroid dienone is 4. The first-order chi connectivity index (χ1) is 7.42. The monoisotopic (exact) mass is 198 g/mol. The molecule has 6 aliphatic rings. The molecule has 8 atom stereocenters. The van der Waals surface area contributed by atoms with Crippen molar-refractivity contribution in [1.29, 1.82) is 0 Å². The Labute approximate surface area is 91.4 Å². The lowest BCUT2D eigenvalue weighted by Gasteiger charge is -2.40. The molecule has 0 spiro atoms. The van der Waals surface area contributed by atoms with Gasteiger partial charge in [-0.2, -0.15) is 0 Å². The van der Waals surface area contributed by atoms with Gasteiger partial charge in [-0.25, -0.2) is 0 Å². The van der Waals surface area contributed by atoms with Gasteiger partial charge in [0.25, 0.3) is 0 Å². The van der Waals surface area contributed by atoms with Crippen LogP contribution >= 0.6 is 0 Å². The Morgan fingerprint density at radius 2 is 1.67 bits per heavy atom. The van der Waals surface area contributed by atoms with Gasteiger partial charge in [-0.1, -0.05) is 24.3 Å². The van der Waals surface area contributed by atoms with Gasteiger partial charge in [-0.05, 0) is 66.6 Å². The van der Waals surface area contributed by atoms with Crippen LogP contribution in [0.25, 0.3) is 0 Å². The van der Waals surface area contributed by atoms with E-state index < -0.39 is 0 Å². The summed E-state index contributed by atoms with van der Waals surface area (Å²) in [6, 6.07) is 0. The molecule has 4 saturated carbocycles. The Hall–Kier alpha value is -0.520. The second-order valence-corrected chi connectivity index (χ2v) is 6.63. The molecule has 0 aliphatic heterocycles. The zero-order valence-corrected chi connectivity index (χ0v) is 9.05. The quantitative estimate of drug-likeness (QED) is 0.524. The predicted molar refractivity (Wildman–Crippen MR) is 60.1 cm³/mol. The molecule has 8 unspecified atom stereocenters. The predicted octanol–water partition coefficient (Wildman–Crippen LogP) is 3.27. The topological polar surface area (TPSA) is 0 Å². The molecule has 0 aromatic rings. The summed E-state index contributed by atoms with van der Waals surface area (Å²) < 4.78 is 0.